The number of halogens is 1. The van der Waals surface area contributed by atoms with Crippen molar-refractivity contribution < 1.29 is 9.18 Å². The second kappa shape index (κ2) is 9.59. The van der Waals surface area contributed by atoms with Crippen LogP contribution in [-0.2, 0) is 0 Å². The molecule has 1 aliphatic heterocycles. The highest BCUT2D eigenvalue weighted by Gasteiger charge is 2.18. The Balaban J connectivity index is 1.22. The Morgan fingerprint density at radius 1 is 0.867 bits per heavy atom. The van der Waals surface area contributed by atoms with Crippen molar-refractivity contribution in [3.8, 4) is 11.3 Å². The summed E-state index contributed by atoms with van der Waals surface area (Å²) in [7, 11) is 0. The Bertz CT molecular complexity index is 953. The number of carbonyl (C=O) groups excluding carboxylic acids is 1. The van der Waals surface area contributed by atoms with E-state index in [1.54, 1.807) is 12.1 Å². The number of rotatable bonds is 7. The molecule has 0 radical (unpaired) electrons. The molecule has 0 unspecified atom stereocenters. The Morgan fingerprint density at radius 2 is 1.60 bits per heavy atom. The first-order chi connectivity index (χ1) is 14.7. The van der Waals surface area contributed by atoms with Gasteiger partial charge in [-0.3, -0.25) is 9.69 Å². The highest BCUT2D eigenvalue weighted by molar-refractivity contribution is 5.95. The van der Waals surface area contributed by atoms with Crippen molar-refractivity contribution in [2.75, 3.05) is 37.6 Å². The molecule has 3 aromatic rings. The molecule has 1 fully saturated rings. The van der Waals surface area contributed by atoms with E-state index in [9.17, 15) is 9.18 Å². The van der Waals surface area contributed by atoms with Gasteiger partial charge in [0.2, 0.25) is 0 Å². The lowest BCUT2D eigenvalue weighted by Crippen LogP contribution is -2.47. The minimum absolute atomic E-state index is 0.0717. The summed E-state index contributed by atoms with van der Waals surface area (Å²) < 4.78 is 13.0. The summed E-state index contributed by atoms with van der Waals surface area (Å²) in [5.74, 6) is 0.659. The number of nitrogens with zero attached hydrogens (tertiary/aromatic N) is 4. The highest BCUT2D eigenvalue weighted by atomic mass is 19.1. The number of benzene rings is 2. The molecule has 0 bridgehead atoms. The first kappa shape index (κ1) is 20.2. The molecular weight excluding hydrogens is 379 g/mol. The minimum atomic E-state index is -0.316. The van der Waals surface area contributed by atoms with Gasteiger partial charge < -0.3 is 4.90 Å². The van der Waals surface area contributed by atoms with Crippen molar-refractivity contribution in [1.82, 2.24) is 15.1 Å². The van der Waals surface area contributed by atoms with E-state index < -0.39 is 0 Å². The number of hydrogen-bond acceptors (Lipinski definition) is 5. The van der Waals surface area contributed by atoms with Gasteiger partial charge in [0, 0.05) is 43.7 Å². The molecule has 2 heterocycles. The smallest absolute Gasteiger partial charge is 0.162 e. The van der Waals surface area contributed by atoms with Crippen LogP contribution in [0.15, 0.2) is 66.7 Å². The van der Waals surface area contributed by atoms with Gasteiger partial charge in [0.05, 0.1) is 5.69 Å². The second-order valence-electron chi connectivity index (χ2n) is 7.51. The van der Waals surface area contributed by atoms with E-state index in [0.717, 1.165) is 56.2 Å². The van der Waals surface area contributed by atoms with Crippen LogP contribution in [0.2, 0.25) is 0 Å². The van der Waals surface area contributed by atoms with E-state index >= 15 is 0 Å². The number of carbonyl (C=O) groups is 1. The molecule has 1 aromatic heterocycles. The molecule has 154 valence electrons. The molecule has 0 aliphatic carbocycles. The Hall–Kier alpha value is -3.12. The largest absolute Gasteiger partial charge is 0.353 e. The van der Waals surface area contributed by atoms with Gasteiger partial charge in [-0.15, -0.1) is 10.2 Å². The standard InChI is InChI=1S/C24H25FN4O/c25-21-10-8-20(9-11-21)23(30)7-4-14-28-15-17-29(18-16-28)24-13-12-22(26-27-24)19-5-2-1-3-6-19/h1-3,5-6,8-13H,4,7,14-18H2. The molecule has 0 amide bonds. The average molecular weight is 404 g/mol. The van der Waals surface area contributed by atoms with Gasteiger partial charge in [-0.1, -0.05) is 30.3 Å². The normalized spacial score (nSPS) is 14.6. The molecule has 1 aliphatic rings. The molecule has 0 spiro atoms. The van der Waals surface area contributed by atoms with Crippen molar-refractivity contribution in [3.05, 3.63) is 78.1 Å². The first-order valence-electron chi connectivity index (χ1n) is 10.3. The van der Waals surface area contributed by atoms with Gasteiger partial charge in [0.1, 0.15) is 5.82 Å². The topological polar surface area (TPSA) is 49.3 Å². The van der Waals surface area contributed by atoms with Crippen LogP contribution in [0.3, 0.4) is 0 Å². The third-order valence-electron chi connectivity index (χ3n) is 5.46. The minimum Gasteiger partial charge on any atom is -0.353 e. The number of anilines is 1. The molecular formula is C24H25FN4O. The number of Topliss-reactive ketones (excluding diaryl/α,β-unsaturated/α-hetero) is 1. The van der Waals surface area contributed by atoms with Crippen LogP contribution in [0.1, 0.15) is 23.2 Å². The molecule has 0 saturated carbocycles. The van der Waals surface area contributed by atoms with Crippen molar-refractivity contribution in [2.24, 2.45) is 0 Å². The van der Waals surface area contributed by atoms with Gasteiger partial charge >= 0.3 is 0 Å². The van der Waals surface area contributed by atoms with Crippen LogP contribution >= 0.6 is 0 Å². The summed E-state index contributed by atoms with van der Waals surface area (Å²) in [5.41, 5.74) is 2.53. The summed E-state index contributed by atoms with van der Waals surface area (Å²) in [6.07, 6.45) is 1.29. The Morgan fingerprint density at radius 3 is 2.27 bits per heavy atom. The van der Waals surface area contributed by atoms with Crippen molar-refractivity contribution in [1.29, 1.82) is 0 Å². The number of piperazine rings is 1. The van der Waals surface area contributed by atoms with Gasteiger partial charge in [0.15, 0.2) is 11.6 Å². The fourth-order valence-corrected chi connectivity index (χ4v) is 3.70. The van der Waals surface area contributed by atoms with E-state index in [-0.39, 0.29) is 11.6 Å². The van der Waals surface area contributed by atoms with Crippen LogP contribution in [0.5, 0.6) is 0 Å². The van der Waals surface area contributed by atoms with E-state index in [4.69, 9.17) is 0 Å². The van der Waals surface area contributed by atoms with Crippen LogP contribution < -0.4 is 4.90 Å². The molecule has 6 heteroatoms. The monoisotopic (exact) mass is 404 g/mol. The highest BCUT2D eigenvalue weighted by Crippen LogP contribution is 2.19. The van der Waals surface area contributed by atoms with Crippen molar-refractivity contribution in [3.63, 3.8) is 0 Å². The summed E-state index contributed by atoms with van der Waals surface area (Å²) in [4.78, 5) is 16.8. The van der Waals surface area contributed by atoms with Gasteiger partial charge in [0.25, 0.3) is 0 Å². The molecule has 0 atom stereocenters. The van der Waals surface area contributed by atoms with E-state index in [1.807, 2.05) is 42.5 Å². The van der Waals surface area contributed by atoms with Crippen LogP contribution in [0.25, 0.3) is 11.3 Å². The summed E-state index contributed by atoms with van der Waals surface area (Å²) in [6.45, 7) is 4.55. The molecule has 1 saturated heterocycles. The summed E-state index contributed by atoms with van der Waals surface area (Å²) in [6, 6.07) is 19.9. The third-order valence-corrected chi connectivity index (χ3v) is 5.46. The average Bonchev–Trinajstić information content (AvgIpc) is 2.81. The quantitative estimate of drug-likeness (QED) is 0.556. The van der Waals surface area contributed by atoms with Crippen LogP contribution in [-0.4, -0.2) is 53.6 Å². The van der Waals surface area contributed by atoms with Crippen molar-refractivity contribution >= 4 is 11.6 Å². The predicted molar refractivity (Wildman–Crippen MR) is 116 cm³/mol. The molecule has 4 rings (SSSR count). The molecule has 2 aromatic carbocycles. The van der Waals surface area contributed by atoms with E-state index in [0.29, 0.717) is 12.0 Å². The van der Waals surface area contributed by atoms with Crippen molar-refractivity contribution in [2.45, 2.75) is 12.8 Å². The fourth-order valence-electron chi connectivity index (χ4n) is 3.70. The number of aromatic nitrogens is 2. The first-order valence-corrected chi connectivity index (χ1v) is 10.3. The number of hydrogen-bond donors (Lipinski definition) is 0. The predicted octanol–water partition coefficient (Wildman–Crippen LogP) is 4.07. The lowest BCUT2D eigenvalue weighted by atomic mass is 10.1. The number of ketones is 1. The summed E-state index contributed by atoms with van der Waals surface area (Å²) in [5, 5.41) is 8.80. The zero-order chi connectivity index (χ0) is 20.8. The van der Waals surface area contributed by atoms with Gasteiger partial charge in [-0.05, 0) is 49.4 Å². The lowest BCUT2D eigenvalue weighted by molar-refractivity contribution is 0.0974. The SMILES string of the molecule is O=C(CCCN1CCN(c2ccc(-c3ccccc3)nn2)CC1)c1ccc(F)cc1. The maximum atomic E-state index is 13.0. The molecule has 0 N–H and O–H groups in total. The third kappa shape index (κ3) is 5.07. The lowest BCUT2D eigenvalue weighted by Gasteiger charge is -2.35. The molecule has 30 heavy (non-hydrogen) atoms. The maximum Gasteiger partial charge on any atom is 0.162 e. The second-order valence-corrected chi connectivity index (χ2v) is 7.51. The van der Waals surface area contributed by atoms with Crippen LogP contribution in [0, 0.1) is 5.82 Å². The Labute approximate surface area is 176 Å². The van der Waals surface area contributed by atoms with Crippen LogP contribution in [0.4, 0.5) is 10.2 Å². The van der Waals surface area contributed by atoms with E-state index in [1.165, 1.54) is 12.1 Å². The zero-order valence-electron chi connectivity index (χ0n) is 16.9. The molecule has 5 nitrogen and oxygen atoms in total. The van der Waals surface area contributed by atoms with E-state index in [2.05, 4.69) is 20.0 Å². The summed E-state index contributed by atoms with van der Waals surface area (Å²) >= 11 is 0. The van der Waals surface area contributed by atoms with Gasteiger partial charge in [-0.2, -0.15) is 0 Å². The maximum absolute atomic E-state index is 13.0. The zero-order valence-corrected chi connectivity index (χ0v) is 16.9. The fraction of sp³-hybridized carbons (Fsp3) is 0.292. The Kier molecular flexibility index (Phi) is 6.44. The van der Waals surface area contributed by atoms with Gasteiger partial charge in [-0.25, -0.2) is 4.39 Å².